The number of aryl methyl sites for hydroxylation is 1. The Morgan fingerprint density at radius 3 is 2.28 bits per heavy atom. The molecule has 150 valence electrons. The number of halogens is 2. The Kier molecular flexibility index (Phi) is 6.17. The number of nitrogens with one attached hydrogen (secondary N) is 1. The van der Waals surface area contributed by atoms with Crippen LogP contribution in [-0.4, -0.2) is 21.4 Å². The predicted octanol–water partition coefficient (Wildman–Crippen LogP) is 5.38. The van der Waals surface area contributed by atoms with Gasteiger partial charge >= 0.3 is 0 Å². The lowest BCUT2D eigenvalue weighted by atomic mass is 10.2. The summed E-state index contributed by atoms with van der Waals surface area (Å²) < 4.78 is 26.9. The van der Waals surface area contributed by atoms with Crippen LogP contribution in [0.3, 0.4) is 0 Å². The number of amides is 1. The second-order valence-corrected chi connectivity index (χ2v) is 9.20. The summed E-state index contributed by atoms with van der Waals surface area (Å²) in [6.45, 7) is 1.88. The lowest BCUT2D eigenvalue weighted by Gasteiger charge is -2.20. The van der Waals surface area contributed by atoms with Crippen molar-refractivity contribution in [2.24, 2.45) is 0 Å². The van der Waals surface area contributed by atoms with Crippen molar-refractivity contribution in [3.05, 3.63) is 87.9 Å². The molecular formula is C21H18Cl2N2O3S. The first-order valence-corrected chi connectivity index (χ1v) is 10.8. The monoisotopic (exact) mass is 448 g/mol. The highest BCUT2D eigenvalue weighted by Crippen LogP contribution is 2.26. The minimum absolute atomic E-state index is 0.177. The Hall–Kier alpha value is -2.54. The molecule has 0 aliphatic rings. The molecule has 3 rings (SSSR count). The number of nitrogens with zero attached hydrogens (tertiary/aromatic N) is 1. The van der Waals surface area contributed by atoms with Gasteiger partial charge in [0.2, 0.25) is 0 Å². The Bertz CT molecular complexity index is 1160. The summed E-state index contributed by atoms with van der Waals surface area (Å²) in [6, 6.07) is 17.7. The van der Waals surface area contributed by atoms with Gasteiger partial charge in [0.1, 0.15) is 0 Å². The minimum Gasteiger partial charge on any atom is -0.322 e. The van der Waals surface area contributed by atoms with Gasteiger partial charge in [0.25, 0.3) is 15.9 Å². The van der Waals surface area contributed by atoms with E-state index in [1.807, 2.05) is 6.92 Å². The average Bonchev–Trinajstić information content (AvgIpc) is 2.70. The molecule has 8 heteroatoms. The molecule has 0 saturated heterocycles. The van der Waals surface area contributed by atoms with Crippen LogP contribution in [0.25, 0.3) is 0 Å². The molecule has 0 unspecified atom stereocenters. The molecule has 0 aliphatic heterocycles. The largest absolute Gasteiger partial charge is 0.322 e. The number of anilines is 2. The second-order valence-electron chi connectivity index (χ2n) is 6.42. The minimum atomic E-state index is -3.75. The van der Waals surface area contributed by atoms with E-state index in [0.717, 1.165) is 9.87 Å². The Morgan fingerprint density at radius 2 is 1.62 bits per heavy atom. The van der Waals surface area contributed by atoms with Gasteiger partial charge in [-0.2, -0.15) is 0 Å². The van der Waals surface area contributed by atoms with E-state index in [-0.39, 0.29) is 4.90 Å². The molecule has 5 nitrogen and oxygen atoms in total. The number of carbonyl (C=O) groups excluding carboxylic acids is 1. The van der Waals surface area contributed by atoms with Crippen LogP contribution in [0.2, 0.25) is 10.0 Å². The van der Waals surface area contributed by atoms with E-state index in [9.17, 15) is 13.2 Å². The standard InChI is InChI=1S/C21H18Cl2N2O3S/c1-14-6-9-18(10-7-14)29(27,28)25(2)17-5-3-4-15(12-17)21(26)24-16-8-11-19(22)20(23)13-16/h3-13H,1-2H3,(H,24,26). The van der Waals surface area contributed by atoms with E-state index >= 15 is 0 Å². The number of benzene rings is 3. The smallest absolute Gasteiger partial charge is 0.264 e. The average molecular weight is 449 g/mol. The van der Waals surface area contributed by atoms with Crippen molar-refractivity contribution in [3.63, 3.8) is 0 Å². The Morgan fingerprint density at radius 1 is 0.931 bits per heavy atom. The molecule has 3 aromatic carbocycles. The van der Waals surface area contributed by atoms with Crippen LogP contribution in [0.1, 0.15) is 15.9 Å². The normalized spacial score (nSPS) is 11.2. The van der Waals surface area contributed by atoms with Crippen molar-refractivity contribution < 1.29 is 13.2 Å². The summed E-state index contributed by atoms with van der Waals surface area (Å²) >= 11 is 11.9. The first kappa shape index (κ1) is 21.2. The van der Waals surface area contributed by atoms with Crippen molar-refractivity contribution in [1.82, 2.24) is 0 Å². The van der Waals surface area contributed by atoms with E-state index in [0.29, 0.717) is 27.0 Å². The number of sulfonamides is 1. The van der Waals surface area contributed by atoms with Crippen LogP contribution in [0.15, 0.2) is 71.6 Å². The molecule has 0 saturated carbocycles. The number of hydrogen-bond acceptors (Lipinski definition) is 3. The predicted molar refractivity (Wildman–Crippen MR) is 118 cm³/mol. The molecule has 1 N–H and O–H groups in total. The summed E-state index contributed by atoms with van der Waals surface area (Å²) in [5.74, 6) is -0.397. The summed E-state index contributed by atoms with van der Waals surface area (Å²) in [5, 5.41) is 3.42. The van der Waals surface area contributed by atoms with Crippen molar-refractivity contribution in [1.29, 1.82) is 0 Å². The highest BCUT2D eigenvalue weighted by atomic mass is 35.5. The molecular weight excluding hydrogens is 431 g/mol. The summed E-state index contributed by atoms with van der Waals surface area (Å²) in [7, 11) is -2.30. The number of carbonyl (C=O) groups is 1. The van der Waals surface area contributed by atoms with Gasteiger partial charge in [-0.15, -0.1) is 0 Å². The van der Waals surface area contributed by atoms with Gasteiger partial charge in [0.15, 0.2) is 0 Å². The third-order valence-corrected chi connectivity index (χ3v) is 6.87. The molecule has 1 amide bonds. The first-order valence-electron chi connectivity index (χ1n) is 8.60. The fourth-order valence-corrected chi connectivity index (χ4v) is 4.11. The molecule has 0 spiro atoms. The first-order chi connectivity index (χ1) is 13.7. The fourth-order valence-electron chi connectivity index (χ4n) is 2.63. The van der Waals surface area contributed by atoms with E-state index in [1.165, 1.54) is 13.1 Å². The molecule has 0 heterocycles. The van der Waals surface area contributed by atoms with E-state index in [1.54, 1.807) is 60.7 Å². The van der Waals surface area contributed by atoms with Gasteiger partial charge in [-0.25, -0.2) is 8.42 Å². The maximum atomic E-state index is 12.9. The summed E-state index contributed by atoms with van der Waals surface area (Å²) in [4.78, 5) is 12.8. The van der Waals surface area contributed by atoms with Crippen LogP contribution in [-0.2, 0) is 10.0 Å². The lowest BCUT2D eigenvalue weighted by molar-refractivity contribution is 0.102. The van der Waals surface area contributed by atoms with Gasteiger partial charge in [-0.3, -0.25) is 9.10 Å². The molecule has 0 fully saturated rings. The van der Waals surface area contributed by atoms with Gasteiger partial charge < -0.3 is 5.32 Å². The fraction of sp³-hybridized carbons (Fsp3) is 0.0952. The van der Waals surface area contributed by atoms with Crippen LogP contribution >= 0.6 is 23.2 Å². The van der Waals surface area contributed by atoms with Gasteiger partial charge in [0.05, 0.1) is 20.6 Å². The number of rotatable bonds is 5. The zero-order valence-electron chi connectivity index (χ0n) is 15.7. The molecule has 0 atom stereocenters. The highest BCUT2D eigenvalue weighted by Gasteiger charge is 2.22. The Labute approximate surface area is 179 Å². The maximum absolute atomic E-state index is 12.9. The molecule has 0 bridgehead atoms. The molecule has 0 aliphatic carbocycles. The van der Waals surface area contributed by atoms with Crippen molar-refractivity contribution in [2.45, 2.75) is 11.8 Å². The van der Waals surface area contributed by atoms with Crippen LogP contribution in [0.4, 0.5) is 11.4 Å². The maximum Gasteiger partial charge on any atom is 0.264 e. The van der Waals surface area contributed by atoms with Gasteiger partial charge in [-0.05, 0) is 55.5 Å². The summed E-state index contributed by atoms with van der Waals surface area (Å²) in [6.07, 6.45) is 0. The Balaban J connectivity index is 1.85. The third kappa shape index (κ3) is 4.72. The van der Waals surface area contributed by atoms with E-state index < -0.39 is 15.9 Å². The third-order valence-electron chi connectivity index (χ3n) is 4.33. The second kappa shape index (κ2) is 8.45. The van der Waals surface area contributed by atoms with Crippen LogP contribution in [0.5, 0.6) is 0 Å². The summed E-state index contributed by atoms with van der Waals surface area (Å²) in [5.41, 5.74) is 2.12. The zero-order chi connectivity index (χ0) is 21.2. The SMILES string of the molecule is Cc1ccc(S(=O)(=O)N(C)c2cccc(C(=O)Nc3ccc(Cl)c(Cl)c3)c2)cc1. The highest BCUT2D eigenvalue weighted by molar-refractivity contribution is 7.92. The van der Waals surface area contributed by atoms with Crippen molar-refractivity contribution in [2.75, 3.05) is 16.7 Å². The number of hydrogen-bond donors (Lipinski definition) is 1. The lowest BCUT2D eigenvalue weighted by Crippen LogP contribution is -2.26. The van der Waals surface area contributed by atoms with Crippen molar-refractivity contribution in [3.8, 4) is 0 Å². The molecule has 3 aromatic rings. The van der Waals surface area contributed by atoms with Gasteiger partial charge in [0, 0.05) is 18.3 Å². The zero-order valence-corrected chi connectivity index (χ0v) is 18.0. The van der Waals surface area contributed by atoms with Crippen LogP contribution in [0, 0.1) is 6.92 Å². The van der Waals surface area contributed by atoms with Gasteiger partial charge in [-0.1, -0.05) is 47.0 Å². The van der Waals surface area contributed by atoms with E-state index in [4.69, 9.17) is 23.2 Å². The van der Waals surface area contributed by atoms with E-state index in [2.05, 4.69) is 5.32 Å². The van der Waals surface area contributed by atoms with Crippen molar-refractivity contribution >= 4 is 50.5 Å². The van der Waals surface area contributed by atoms with Crippen LogP contribution < -0.4 is 9.62 Å². The topological polar surface area (TPSA) is 66.5 Å². The quantitative estimate of drug-likeness (QED) is 0.569. The molecule has 0 radical (unpaired) electrons. The molecule has 29 heavy (non-hydrogen) atoms. The molecule has 0 aromatic heterocycles.